The number of hydrogen-bond donors (Lipinski definition) is 1. The maximum absolute atomic E-state index is 13.7. The summed E-state index contributed by atoms with van der Waals surface area (Å²) in [4.78, 5) is 16.3. The molecule has 3 aromatic carbocycles. The Morgan fingerprint density at radius 2 is 1.72 bits per heavy atom. The largest absolute Gasteiger partial charge is 0.489 e. The lowest BCUT2D eigenvalue weighted by Crippen LogP contribution is -2.16. The van der Waals surface area contributed by atoms with Crippen LogP contribution in [0.25, 0.3) is 10.2 Å². The third-order valence-corrected chi connectivity index (χ3v) is 4.90. The molecular formula is C21H14F2N2O3S. The third-order valence-electron chi connectivity index (χ3n) is 3.97. The molecule has 0 atom stereocenters. The number of nitrogens with zero attached hydrogens (tertiary/aromatic N) is 1. The Morgan fingerprint density at radius 3 is 2.48 bits per heavy atom. The number of para-hydroxylation sites is 1. The van der Waals surface area contributed by atoms with E-state index in [1.165, 1.54) is 29.5 Å². The van der Waals surface area contributed by atoms with Gasteiger partial charge in [0.25, 0.3) is 0 Å². The minimum Gasteiger partial charge on any atom is -0.489 e. The van der Waals surface area contributed by atoms with Gasteiger partial charge in [0.2, 0.25) is 0 Å². The molecule has 4 rings (SSSR count). The Bertz CT molecular complexity index is 1150. The first kappa shape index (κ1) is 18.8. The second-order valence-corrected chi connectivity index (χ2v) is 7.00. The highest BCUT2D eigenvalue weighted by Crippen LogP contribution is 2.30. The summed E-state index contributed by atoms with van der Waals surface area (Å²) in [5, 5.41) is 2.94. The van der Waals surface area contributed by atoms with Crippen molar-refractivity contribution in [1.82, 2.24) is 4.98 Å². The highest BCUT2D eigenvalue weighted by Gasteiger charge is 2.12. The summed E-state index contributed by atoms with van der Waals surface area (Å²) in [5.74, 6) is -0.469. The second kappa shape index (κ2) is 8.24. The van der Waals surface area contributed by atoms with Gasteiger partial charge < -0.3 is 9.47 Å². The molecule has 1 heterocycles. The summed E-state index contributed by atoms with van der Waals surface area (Å²) in [6.45, 7) is -0.239. The zero-order valence-electron chi connectivity index (χ0n) is 14.9. The van der Waals surface area contributed by atoms with Gasteiger partial charge in [-0.15, -0.1) is 0 Å². The molecule has 0 aliphatic carbocycles. The molecule has 146 valence electrons. The predicted octanol–water partition coefficient (Wildman–Crippen LogP) is 5.76. The first-order valence-electron chi connectivity index (χ1n) is 8.58. The third kappa shape index (κ3) is 4.49. The molecule has 0 radical (unpaired) electrons. The van der Waals surface area contributed by atoms with Gasteiger partial charge in [0, 0.05) is 0 Å². The van der Waals surface area contributed by atoms with Crippen LogP contribution in [-0.2, 0) is 6.61 Å². The summed E-state index contributed by atoms with van der Waals surface area (Å²) in [6.07, 6.45) is -0.651. The minimum atomic E-state index is -0.660. The van der Waals surface area contributed by atoms with Crippen molar-refractivity contribution in [3.8, 4) is 11.5 Å². The highest BCUT2D eigenvalue weighted by molar-refractivity contribution is 7.22. The number of rotatable bonds is 5. The van der Waals surface area contributed by atoms with Crippen LogP contribution in [0.5, 0.6) is 11.5 Å². The number of halogens is 2. The molecule has 0 saturated heterocycles. The molecule has 8 heteroatoms. The number of benzene rings is 3. The quantitative estimate of drug-likeness (QED) is 0.452. The number of nitrogens with one attached hydrogen (secondary N) is 1. The van der Waals surface area contributed by atoms with Crippen LogP contribution in [0, 0.1) is 11.6 Å². The highest BCUT2D eigenvalue weighted by atomic mass is 32.1. The van der Waals surface area contributed by atoms with E-state index in [0.717, 1.165) is 4.70 Å². The Balaban J connectivity index is 1.44. The van der Waals surface area contributed by atoms with Crippen LogP contribution in [0.4, 0.5) is 18.7 Å². The minimum absolute atomic E-state index is 0.136. The fourth-order valence-electron chi connectivity index (χ4n) is 2.58. The van der Waals surface area contributed by atoms with E-state index in [2.05, 4.69) is 10.3 Å². The molecule has 4 aromatic rings. The predicted molar refractivity (Wildman–Crippen MR) is 106 cm³/mol. The Labute approximate surface area is 168 Å². The van der Waals surface area contributed by atoms with E-state index in [1.807, 2.05) is 6.07 Å². The molecule has 1 aromatic heterocycles. The Morgan fingerprint density at radius 1 is 0.966 bits per heavy atom. The summed E-state index contributed by atoms with van der Waals surface area (Å²) < 4.78 is 38.8. The molecule has 29 heavy (non-hydrogen) atoms. The number of thiazole rings is 1. The lowest BCUT2D eigenvalue weighted by molar-refractivity contribution is 0.215. The average Bonchev–Trinajstić information content (AvgIpc) is 3.09. The van der Waals surface area contributed by atoms with E-state index < -0.39 is 17.7 Å². The molecule has 0 bridgehead atoms. The normalized spacial score (nSPS) is 10.7. The summed E-state index contributed by atoms with van der Waals surface area (Å²) in [6, 6.07) is 17.4. The number of carbonyl (C=O) groups excluding carboxylic acids is 1. The van der Waals surface area contributed by atoms with Crippen molar-refractivity contribution in [2.45, 2.75) is 6.61 Å². The summed E-state index contributed by atoms with van der Waals surface area (Å²) in [7, 11) is 0. The van der Waals surface area contributed by atoms with Gasteiger partial charge in [-0.2, -0.15) is 0 Å². The number of fused-ring (bicyclic) bond motifs is 1. The first-order chi connectivity index (χ1) is 14.1. The number of hydrogen-bond acceptors (Lipinski definition) is 5. The van der Waals surface area contributed by atoms with Gasteiger partial charge in [0.05, 0.1) is 15.8 Å². The number of carbonyl (C=O) groups is 1. The van der Waals surface area contributed by atoms with Crippen LogP contribution in [0.15, 0.2) is 66.7 Å². The maximum atomic E-state index is 13.7. The van der Waals surface area contributed by atoms with Crippen molar-refractivity contribution in [3.05, 3.63) is 83.9 Å². The van der Waals surface area contributed by atoms with Crippen LogP contribution >= 0.6 is 11.3 Å². The van der Waals surface area contributed by atoms with Crippen LogP contribution < -0.4 is 14.8 Å². The average molecular weight is 412 g/mol. The van der Waals surface area contributed by atoms with Crippen molar-refractivity contribution >= 4 is 32.8 Å². The number of ether oxygens (including phenoxy) is 2. The fraction of sp³-hybridized carbons (Fsp3) is 0.0476. The molecule has 5 nitrogen and oxygen atoms in total. The van der Waals surface area contributed by atoms with Gasteiger partial charge in [0.15, 0.2) is 5.13 Å². The Kier molecular flexibility index (Phi) is 5.35. The van der Waals surface area contributed by atoms with E-state index in [1.54, 1.807) is 42.5 Å². The molecule has 0 fully saturated rings. The topological polar surface area (TPSA) is 60.5 Å². The monoisotopic (exact) mass is 412 g/mol. The van der Waals surface area contributed by atoms with Gasteiger partial charge >= 0.3 is 6.09 Å². The fourth-order valence-corrected chi connectivity index (χ4v) is 3.46. The molecule has 0 saturated carbocycles. The van der Waals surface area contributed by atoms with Crippen molar-refractivity contribution in [1.29, 1.82) is 0 Å². The molecule has 0 aliphatic rings. The molecule has 0 unspecified atom stereocenters. The SMILES string of the molecule is O=C(Nc1nc2ccc(OCc3c(F)cccc3F)cc2s1)Oc1ccccc1. The van der Waals surface area contributed by atoms with E-state index in [4.69, 9.17) is 9.47 Å². The van der Waals surface area contributed by atoms with Crippen molar-refractivity contribution in [3.63, 3.8) is 0 Å². The van der Waals surface area contributed by atoms with E-state index in [9.17, 15) is 13.6 Å². The number of amides is 1. The van der Waals surface area contributed by atoms with E-state index >= 15 is 0 Å². The van der Waals surface area contributed by atoms with Crippen molar-refractivity contribution < 1.29 is 23.0 Å². The standard InChI is InChI=1S/C21H14F2N2O3S/c22-16-7-4-8-17(23)15(16)12-27-14-9-10-18-19(11-14)29-20(24-18)25-21(26)28-13-5-2-1-3-6-13/h1-11H,12H2,(H,24,25,26). The van der Waals surface area contributed by atoms with Gasteiger partial charge in [-0.25, -0.2) is 18.6 Å². The van der Waals surface area contributed by atoms with E-state index in [-0.39, 0.29) is 12.2 Å². The molecule has 0 spiro atoms. The molecule has 0 aliphatic heterocycles. The van der Waals surface area contributed by atoms with Gasteiger partial charge in [0.1, 0.15) is 29.7 Å². The van der Waals surface area contributed by atoms with Crippen molar-refractivity contribution in [2.24, 2.45) is 0 Å². The number of anilines is 1. The number of aromatic nitrogens is 1. The lowest BCUT2D eigenvalue weighted by Gasteiger charge is -2.07. The maximum Gasteiger partial charge on any atom is 0.418 e. The van der Waals surface area contributed by atoms with Crippen LogP contribution in [0.3, 0.4) is 0 Å². The van der Waals surface area contributed by atoms with Crippen LogP contribution in [0.2, 0.25) is 0 Å². The molecule has 1 N–H and O–H groups in total. The smallest absolute Gasteiger partial charge is 0.418 e. The zero-order valence-corrected chi connectivity index (χ0v) is 15.7. The van der Waals surface area contributed by atoms with Crippen LogP contribution in [0.1, 0.15) is 5.56 Å². The second-order valence-electron chi connectivity index (χ2n) is 5.97. The van der Waals surface area contributed by atoms with Gasteiger partial charge in [-0.05, 0) is 42.5 Å². The lowest BCUT2D eigenvalue weighted by atomic mass is 10.2. The molecule has 1 amide bonds. The van der Waals surface area contributed by atoms with Gasteiger partial charge in [-0.3, -0.25) is 5.32 Å². The Hall–Kier alpha value is -3.52. The van der Waals surface area contributed by atoms with E-state index in [0.29, 0.717) is 22.1 Å². The summed E-state index contributed by atoms with van der Waals surface area (Å²) >= 11 is 1.23. The summed E-state index contributed by atoms with van der Waals surface area (Å²) in [5.41, 5.74) is 0.511. The first-order valence-corrected chi connectivity index (χ1v) is 9.40. The zero-order chi connectivity index (χ0) is 20.2. The molecular weight excluding hydrogens is 398 g/mol. The van der Waals surface area contributed by atoms with Gasteiger partial charge in [-0.1, -0.05) is 35.6 Å². The van der Waals surface area contributed by atoms with Crippen molar-refractivity contribution in [2.75, 3.05) is 5.32 Å². The van der Waals surface area contributed by atoms with Crippen LogP contribution in [-0.4, -0.2) is 11.1 Å².